The molecule has 106 valence electrons. The molecule has 1 aliphatic rings. The molecule has 20 heavy (non-hydrogen) atoms. The monoisotopic (exact) mass is 275 g/mol. The highest BCUT2D eigenvalue weighted by molar-refractivity contribution is 5.96. The first kappa shape index (κ1) is 12.9. The zero-order valence-corrected chi connectivity index (χ0v) is 11.3. The molecule has 1 aliphatic heterocycles. The minimum absolute atomic E-state index is 0.0381. The first-order valence-corrected chi connectivity index (χ1v) is 6.68. The van der Waals surface area contributed by atoms with Gasteiger partial charge in [0.15, 0.2) is 5.69 Å². The van der Waals surface area contributed by atoms with Gasteiger partial charge in [-0.05, 0) is 37.6 Å². The maximum Gasteiger partial charge on any atom is 0.359 e. The summed E-state index contributed by atoms with van der Waals surface area (Å²) in [4.78, 5) is 16.2. The predicted octanol–water partition coefficient (Wildman–Crippen LogP) is 0.978. The van der Waals surface area contributed by atoms with Crippen LogP contribution in [0.2, 0.25) is 0 Å². The smallest absolute Gasteiger partial charge is 0.359 e. The van der Waals surface area contributed by atoms with E-state index in [0.717, 1.165) is 31.8 Å². The topological polar surface area (TPSA) is 75.9 Å². The molecule has 0 spiro atoms. The number of aromatic hydroxyl groups is 1. The molecule has 2 N–H and O–H groups in total. The van der Waals surface area contributed by atoms with Crippen molar-refractivity contribution in [3.05, 3.63) is 29.8 Å². The van der Waals surface area contributed by atoms with E-state index in [2.05, 4.69) is 10.3 Å². The Kier molecular flexibility index (Phi) is 3.31. The number of aromatic nitrogens is 2. The van der Waals surface area contributed by atoms with Crippen molar-refractivity contribution in [1.29, 1.82) is 0 Å². The summed E-state index contributed by atoms with van der Waals surface area (Å²) in [5, 5.41) is 13.3. The van der Waals surface area contributed by atoms with Crippen molar-refractivity contribution >= 4 is 11.5 Å². The normalized spacial score (nSPS) is 18.6. The van der Waals surface area contributed by atoms with Gasteiger partial charge in [0.05, 0.1) is 7.11 Å². The van der Waals surface area contributed by atoms with Crippen LogP contribution in [0.4, 0.5) is 0 Å². The molecule has 6 nitrogen and oxygen atoms in total. The van der Waals surface area contributed by atoms with Crippen LogP contribution in [0.3, 0.4) is 0 Å². The van der Waals surface area contributed by atoms with E-state index in [1.165, 1.54) is 7.11 Å². The molecule has 0 aromatic carbocycles. The molecule has 6 heteroatoms. The number of hydrogen-bond acceptors (Lipinski definition) is 5. The molecule has 1 unspecified atom stereocenters. The van der Waals surface area contributed by atoms with Crippen LogP contribution >= 0.6 is 0 Å². The quantitative estimate of drug-likeness (QED) is 0.817. The van der Waals surface area contributed by atoms with Gasteiger partial charge < -0.3 is 15.2 Å². The number of nitrogens with one attached hydrogen (secondary N) is 1. The van der Waals surface area contributed by atoms with Gasteiger partial charge in [0.2, 0.25) is 0 Å². The van der Waals surface area contributed by atoms with E-state index in [1.54, 1.807) is 16.5 Å². The minimum Gasteiger partial charge on any atom is -0.506 e. The first-order chi connectivity index (χ1) is 9.70. The maximum atomic E-state index is 11.8. The van der Waals surface area contributed by atoms with Gasteiger partial charge in [-0.15, -0.1) is 0 Å². The minimum atomic E-state index is -0.528. The van der Waals surface area contributed by atoms with Crippen molar-refractivity contribution in [2.24, 2.45) is 5.92 Å². The summed E-state index contributed by atoms with van der Waals surface area (Å²) < 4.78 is 6.52. The third-order valence-corrected chi connectivity index (χ3v) is 3.73. The Balaban J connectivity index is 2.07. The molecule has 1 fully saturated rings. The van der Waals surface area contributed by atoms with Crippen molar-refractivity contribution in [2.45, 2.75) is 12.8 Å². The van der Waals surface area contributed by atoms with Crippen LogP contribution in [-0.2, 0) is 11.2 Å². The molecule has 3 heterocycles. The van der Waals surface area contributed by atoms with E-state index in [-0.39, 0.29) is 11.4 Å². The van der Waals surface area contributed by atoms with Gasteiger partial charge in [-0.1, -0.05) is 0 Å². The lowest BCUT2D eigenvalue weighted by molar-refractivity contribution is 0.0596. The van der Waals surface area contributed by atoms with Crippen LogP contribution in [0, 0.1) is 5.92 Å². The zero-order valence-electron chi connectivity index (χ0n) is 11.3. The Hall–Kier alpha value is -2.08. The Morgan fingerprint density at radius 2 is 2.50 bits per heavy atom. The average Bonchev–Trinajstić information content (AvgIpc) is 3.08. The van der Waals surface area contributed by atoms with Gasteiger partial charge in [0, 0.05) is 12.6 Å². The number of imidazole rings is 1. The molecular weight excluding hydrogens is 258 g/mol. The van der Waals surface area contributed by atoms with Crippen molar-refractivity contribution in [2.75, 3.05) is 20.2 Å². The van der Waals surface area contributed by atoms with Crippen LogP contribution in [-0.4, -0.2) is 40.7 Å². The number of carbonyl (C=O) groups excluding carboxylic acids is 1. The molecule has 1 saturated heterocycles. The van der Waals surface area contributed by atoms with Crippen LogP contribution in [0.15, 0.2) is 18.3 Å². The molecule has 0 saturated carbocycles. The van der Waals surface area contributed by atoms with E-state index in [1.807, 2.05) is 6.20 Å². The van der Waals surface area contributed by atoms with Gasteiger partial charge >= 0.3 is 5.97 Å². The summed E-state index contributed by atoms with van der Waals surface area (Å²) in [7, 11) is 1.31. The predicted molar refractivity (Wildman–Crippen MR) is 72.9 cm³/mol. The second-order valence-corrected chi connectivity index (χ2v) is 5.04. The molecule has 1 atom stereocenters. The van der Waals surface area contributed by atoms with E-state index in [9.17, 15) is 9.90 Å². The number of ether oxygens (including phenoxy) is 1. The molecule has 0 bridgehead atoms. The van der Waals surface area contributed by atoms with Crippen molar-refractivity contribution in [3.63, 3.8) is 0 Å². The van der Waals surface area contributed by atoms with Gasteiger partial charge in [-0.25, -0.2) is 9.78 Å². The number of methoxy groups -OCH3 is 1. The molecule has 0 amide bonds. The molecule has 2 aromatic heterocycles. The van der Waals surface area contributed by atoms with Crippen LogP contribution in [0.1, 0.15) is 22.7 Å². The summed E-state index contributed by atoms with van der Waals surface area (Å²) in [5.74, 6) is 0.800. The lowest BCUT2D eigenvalue weighted by atomic mass is 10.0. The van der Waals surface area contributed by atoms with Gasteiger partial charge in [0.25, 0.3) is 0 Å². The highest BCUT2D eigenvalue weighted by atomic mass is 16.5. The van der Waals surface area contributed by atoms with Crippen molar-refractivity contribution in [3.8, 4) is 5.75 Å². The van der Waals surface area contributed by atoms with Crippen LogP contribution in [0.5, 0.6) is 5.75 Å². The highest BCUT2D eigenvalue weighted by Crippen LogP contribution is 2.25. The van der Waals surface area contributed by atoms with Gasteiger partial charge in [-0.3, -0.25) is 4.40 Å². The van der Waals surface area contributed by atoms with Gasteiger partial charge in [0.1, 0.15) is 17.1 Å². The Morgan fingerprint density at radius 1 is 1.65 bits per heavy atom. The van der Waals surface area contributed by atoms with Crippen LogP contribution in [0.25, 0.3) is 5.52 Å². The number of nitrogens with zero attached hydrogens (tertiary/aromatic N) is 2. The highest BCUT2D eigenvalue weighted by Gasteiger charge is 2.23. The summed E-state index contributed by atoms with van der Waals surface area (Å²) >= 11 is 0. The third kappa shape index (κ3) is 2.12. The van der Waals surface area contributed by atoms with E-state index in [0.29, 0.717) is 11.4 Å². The lowest BCUT2D eigenvalue weighted by Crippen LogP contribution is -2.12. The number of pyridine rings is 1. The summed E-state index contributed by atoms with van der Waals surface area (Å²) in [5.41, 5.74) is 0.590. The zero-order chi connectivity index (χ0) is 14.1. The number of fused-ring (bicyclic) bond motifs is 1. The summed E-state index contributed by atoms with van der Waals surface area (Å²) in [6.07, 6.45) is 3.68. The van der Waals surface area contributed by atoms with Crippen LogP contribution < -0.4 is 5.32 Å². The lowest BCUT2D eigenvalue weighted by Gasteiger charge is -2.07. The molecule has 3 rings (SSSR count). The second kappa shape index (κ2) is 5.13. The Morgan fingerprint density at radius 3 is 3.20 bits per heavy atom. The SMILES string of the molecule is COC(=O)c1nc(CC2CCNC2)n2cccc(O)c12. The fourth-order valence-electron chi connectivity index (χ4n) is 2.71. The largest absolute Gasteiger partial charge is 0.506 e. The summed E-state index contributed by atoms with van der Waals surface area (Å²) in [6.45, 7) is 1.98. The molecule has 0 aliphatic carbocycles. The fraction of sp³-hybridized carbons (Fsp3) is 0.429. The standard InChI is InChI=1S/C14H17N3O3/c1-20-14(19)12-13-10(18)3-2-6-17(13)11(16-12)7-9-4-5-15-8-9/h2-3,6,9,15,18H,4-5,7-8H2,1H3. The number of rotatable bonds is 3. The van der Waals surface area contributed by atoms with E-state index >= 15 is 0 Å². The second-order valence-electron chi connectivity index (χ2n) is 5.04. The Labute approximate surface area is 116 Å². The molecular formula is C14H17N3O3. The Bertz CT molecular complexity index is 644. The maximum absolute atomic E-state index is 11.8. The number of hydrogen-bond donors (Lipinski definition) is 2. The molecule has 2 aromatic rings. The fourth-order valence-corrected chi connectivity index (χ4v) is 2.71. The third-order valence-electron chi connectivity index (χ3n) is 3.73. The van der Waals surface area contributed by atoms with Gasteiger partial charge in [-0.2, -0.15) is 0 Å². The first-order valence-electron chi connectivity index (χ1n) is 6.68. The molecule has 0 radical (unpaired) electrons. The van der Waals surface area contributed by atoms with Crippen molar-refractivity contribution in [1.82, 2.24) is 14.7 Å². The van der Waals surface area contributed by atoms with E-state index < -0.39 is 5.97 Å². The summed E-state index contributed by atoms with van der Waals surface area (Å²) in [6, 6.07) is 3.28. The number of esters is 1. The number of carbonyl (C=O) groups is 1. The van der Waals surface area contributed by atoms with E-state index in [4.69, 9.17) is 4.74 Å². The van der Waals surface area contributed by atoms with Crippen molar-refractivity contribution < 1.29 is 14.6 Å². The average molecular weight is 275 g/mol.